The molecule has 0 fully saturated rings. The number of aromatic amines is 2. The molecule has 238 valence electrons. The zero-order chi connectivity index (χ0) is 33.2. The first-order valence-corrected chi connectivity index (χ1v) is 16.2. The van der Waals surface area contributed by atoms with Crippen LogP contribution in [0.15, 0.2) is 115 Å². The minimum absolute atomic E-state index is 0.00788. The molecule has 0 aliphatic carbocycles. The van der Waals surface area contributed by atoms with E-state index < -0.39 is 0 Å². The van der Waals surface area contributed by atoms with Crippen molar-refractivity contribution in [3.05, 3.63) is 126 Å². The van der Waals surface area contributed by atoms with Gasteiger partial charge in [-0.1, -0.05) is 109 Å². The molecule has 0 saturated heterocycles. The quantitative estimate of drug-likeness (QED) is 0.175. The largest absolute Gasteiger partial charge is 0.488 e. The van der Waals surface area contributed by atoms with Crippen LogP contribution in [0.1, 0.15) is 11.1 Å². The lowest BCUT2D eigenvalue weighted by Gasteiger charge is -2.08. The monoisotopic (exact) mass is 650 g/mol. The van der Waals surface area contributed by atoms with Gasteiger partial charge in [-0.3, -0.25) is 0 Å². The second-order valence-electron chi connectivity index (χ2n) is 12.2. The maximum absolute atomic E-state index is 9.48. The zero-order valence-corrected chi connectivity index (χ0v) is 26.4. The molecule has 2 aliphatic heterocycles. The van der Waals surface area contributed by atoms with Gasteiger partial charge in [-0.2, -0.15) is 0 Å². The van der Waals surface area contributed by atoms with Crippen LogP contribution in [0.3, 0.4) is 0 Å². The van der Waals surface area contributed by atoms with E-state index in [9.17, 15) is 5.11 Å². The number of aliphatic hydroxyl groups is 1. The fraction of sp³-hybridized carbons (Fsp3) is 0.0500. The molecule has 3 N–H and O–H groups in total. The third kappa shape index (κ3) is 4.54. The van der Waals surface area contributed by atoms with E-state index in [1.807, 2.05) is 115 Å². The van der Waals surface area contributed by atoms with E-state index in [0.717, 1.165) is 54.9 Å². The lowest BCUT2D eigenvalue weighted by atomic mass is 10.1. The topological polar surface area (TPSA) is 138 Å². The Kier molecular flexibility index (Phi) is 6.30. The average Bonchev–Trinajstić information content (AvgIpc) is 3.90. The summed E-state index contributed by atoms with van der Waals surface area (Å²) in [5.41, 5.74) is 7.78. The highest BCUT2D eigenvalue weighted by atomic mass is 16.5. The predicted molar refractivity (Wildman–Crippen MR) is 193 cm³/mol. The molecule has 2 aliphatic rings. The van der Waals surface area contributed by atoms with Gasteiger partial charge in [-0.15, -0.1) is 0 Å². The van der Waals surface area contributed by atoms with Crippen molar-refractivity contribution in [2.75, 3.05) is 0 Å². The van der Waals surface area contributed by atoms with Crippen molar-refractivity contribution in [2.24, 2.45) is 0 Å². The van der Waals surface area contributed by atoms with Gasteiger partial charge in [0.1, 0.15) is 34.9 Å². The van der Waals surface area contributed by atoms with Crippen LogP contribution < -0.4 is 4.74 Å². The van der Waals surface area contributed by atoms with Crippen molar-refractivity contribution >= 4 is 44.1 Å². The number of hydrogen-bond acceptors (Lipinski definition) is 8. The van der Waals surface area contributed by atoms with E-state index in [-0.39, 0.29) is 6.61 Å². The van der Waals surface area contributed by atoms with E-state index in [1.165, 1.54) is 0 Å². The molecule has 3 aromatic heterocycles. The van der Waals surface area contributed by atoms with Crippen molar-refractivity contribution in [2.45, 2.75) is 13.2 Å². The average molecular weight is 651 g/mol. The van der Waals surface area contributed by atoms with Crippen LogP contribution >= 0.6 is 0 Å². The van der Waals surface area contributed by atoms with Crippen LogP contribution in [-0.2, 0) is 13.2 Å². The van der Waals surface area contributed by atoms with E-state index in [4.69, 9.17) is 34.6 Å². The van der Waals surface area contributed by atoms with Crippen molar-refractivity contribution in [1.29, 1.82) is 0 Å². The highest BCUT2D eigenvalue weighted by Crippen LogP contribution is 2.38. The minimum Gasteiger partial charge on any atom is -0.488 e. The summed E-state index contributed by atoms with van der Waals surface area (Å²) in [5.74, 6) is 2.81. The second kappa shape index (κ2) is 11.1. The number of hydrogen-bond donors (Lipinski definition) is 3. The third-order valence-corrected chi connectivity index (χ3v) is 9.14. The number of aromatic nitrogens is 8. The molecule has 0 radical (unpaired) electrons. The number of ether oxygens (including phenoxy) is 1. The summed E-state index contributed by atoms with van der Waals surface area (Å²) < 4.78 is 6.45. The number of nitrogens with one attached hydrogen (secondary N) is 2. The summed E-state index contributed by atoms with van der Waals surface area (Å²) in [6.07, 6.45) is 0. The fourth-order valence-corrected chi connectivity index (χ4v) is 6.68. The van der Waals surface area contributed by atoms with Gasteiger partial charge >= 0.3 is 0 Å². The van der Waals surface area contributed by atoms with Crippen LogP contribution in [0.2, 0.25) is 0 Å². The Morgan fingerprint density at radius 1 is 0.440 bits per heavy atom. The molecule has 8 aromatic rings. The Balaban J connectivity index is 1.29. The van der Waals surface area contributed by atoms with Crippen molar-refractivity contribution in [3.63, 3.8) is 0 Å². The van der Waals surface area contributed by atoms with Gasteiger partial charge < -0.3 is 19.8 Å². The summed E-state index contributed by atoms with van der Waals surface area (Å²) in [4.78, 5) is 37.3. The lowest BCUT2D eigenvalue weighted by molar-refractivity contribution is 0.281. The van der Waals surface area contributed by atoms with E-state index in [2.05, 4.69) is 9.97 Å². The van der Waals surface area contributed by atoms with Gasteiger partial charge in [0.25, 0.3) is 0 Å². The fourth-order valence-electron chi connectivity index (χ4n) is 6.68. The number of nitrogens with zero attached hydrogens (tertiary/aromatic N) is 6. The summed E-state index contributed by atoms with van der Waals surface area (Å²) in [6, 6.07) is 37.6. The molecule has 0 atom stereocenters. The molecule has 5 heterocycles. The smallest absolute Gasteiger partial charge is 0.164 e. The Morgan fingerprint density at radius 3 is 1.42 bits per heavy atom. The van der Waals surface area contributed by atoms with E-state index >= 15 is 0 Å². The van der Waals surface area contributed by atoms with Crippen molar-refractivity contribution in [3.8, 4) is 51.3 Å². The van der Waals surface area contributed by atoms with Crippen LogP contribution in [0.4, 0.5) is 0 Å². The van der Waals surface area contributed by atoms with Crippen LogP contribution in [0.5, 0.6) is 5.75 Å². The molecule has 10 heteroatoms. The number of aliphatic hydroxyl groups excluding tert-OH is 1. The first kappa shape index (κ1) is 28.3. The number of fused-ring (bicyclic) bond motifs is 20. The van der Waals surface area contributed by atoms with Crippen molar-refractivity contribution < 1.29 is 9.84 Å². The van der Waals surface area contributed by atoms with Gasteiger partial charge in [0.15, 0.2) is 23.3 Å². The highest BCUT2D eigenvalue weighted by Gasteiger charge is 2.22. The normalized spacial score (nSPS) is 11.9. The molecule has 50 heavy (non-hydrogen) atoms. The summed E-state index contributed by atoms with van der Waals surface area (Å²) >= 11 is 0. The Hall–Kier alpha value is -6.78. The SMILES string of the molecule is OCc1ccc(COc2cccc3c4nc5nc(nc6[nH]c(nc7nc(nc([nH]4)c23)-c2ccccc2-7)c2ccccc62)-c2ccccc2-5)cc1. The van der Waals surface area contributed by atoms with E-state index in [1.54, 1.807) is 0 Å². The first-order valence-electron chi connectivity index (χ1n) is 16.2. The van der Waals surface area contributed by atoms with Crippen LogP contribution in [-0.4, -0.2) is 45.0 Å². The Bertz CT molecular complexity index is 2820. The second-order valence-corrected chi connectivity index (χ2v) is 12.2. The van der Waals surface area contributed by atoms with Gasteiger partial charge in [-0.05, 0) is 17.2 Å². The Morgan fingerprint density at radius 2 is 0.880 bits per heavy atom. The molecule has 5 aromatic carbocycles. The van der Waals surface area contributed by atoms with Gasteiger partial charge in [-0.25, -0.2) is 29.9 Å². The van der Waals surface area contributed by atoms with Gasteiger partial charge in [0, 0.05) is 38.4 Å². The molecule has 0 amide bonds. The van der Waals surface area contributed by atoms with E-state index in [0.29, 0.717) is 58.2 Å². The van der Waals surface area contributed by atoms with Crippen LogP contribution in [0.25, 0.3) is 89.7 Å². The Labute approximate surface area is 284 Å². The molecular weight excluding hydrogens is 624 g/mol. The van der Waals surface area contributed by atoms with Gasteiger partial charge in [0.2, 0.25) is 0 Å². The number of H-pyrrole nitrogens is 2. The van der Waals surface area contributed by atoms with Gasteiger partial charge in [0.05, 0.1) is 12.0 Å². The summed E-state index contributed by atoms with van der Waals surface area (Å²) in [7, 11) is 0. The number of benzene rings is 5. The number of rotatable bonds is 4. The highest BCUT2D eigenvalue weighted by molar-refractivity contribution is 6.08. The molecule has 8 bridgehead atoms. The summed E-state index contributed by atoms with van der Waals surface area (Å²) in [5, 5.41) is 12.9. The molecule has 10 rings (SSSR count). The summed E-state index contributed by atoms with van der Waals surface area (Å²) in [6.45, 7) is 0.320. The molecule has 0 spiro atoms. The minimum atomic E-state index is -0.00788. The molecule has 0 saturated carbocycles. The van der Waals surface area contributed by atoms with Crippen LogP contribution in [0, 0.1) is 0 Å². The lowest BCUT2D eigenvalue weighted by Crippen LogP contribution is -1.96. The predicted octanol–water partition coefficient (Wildman–Crippen LogP) is 7.94. The molecule has 0 unspecified atom stereocenters. The zero-order valence-electron chi connectivity index (χ0n) is 26.4. The standard InChI is InChI=1S/C40H26N8O2/c49-20-22-16-18-23(19-17-22)21-50-31-15-7-14-30-32(31)40-47-38-29-13-6-5-12-28(29)36(45-38)43-34-25-9-2-1-8-24(25)33(41-34)42-35-26-10-3-4-11-27(26)37(44-35)46-39(30)48-40/h1-19,49H,20-21H2,(H2,41,42,43,44,45,46,47,48). The molecule has 10 nitrogen and oxygen atoms in total. The molecular formula is C40H26N8O2. The maximum atomic E-state index is 9.48. The van der Waals surface area contributed by atoms with Crippen molar-refractivity contribution in [1.82, 2.24) is 39.9 Å². The first-order chi connectivity index (χ1) is 24.7. The third-order valence-electron chi connectivity index (χ3n) is 9.14. The maximum Gasteiger partial charge on any atom is 0.164 e.